The Kier molecular flexibility index (Phi) is 5.29. The van der Waals surface area contributed by atoms with E-state index in [2.05, 4.69) is 17.2 Å². The summed E-state index contributed by atoms with van der Waals surface area (Å²) in [5.74, 6) is -0.00166. The van der Waals surface area contributed by atoms with Crippen molar-refractivity contribution in [3.63, 3.8) is 0 Å². The van der Waals surface area contributed by atoms with Gasteiger partial charge in [-0.15, -0.1) is 6.58 Å². The van der Waals surface area contributed by atoms with E-state index >= 15 is 0 Å². The van der Waals surface area contributed by atoms with Crippen LogP contribution in [-0.2, 0) is 4.79 Å². The molecule has 2 N–H and O–H groups in total. The maximum Gasteiger partial charge on any atom is 0.234 e. The van der Waals surface area contributed by atoms with Gasteiger partial charge in [-0.1, -0.05) is 36.4 Å². The molecule has 0 aliphatic heterocycles. The summed E-state index contributed by atoms with van der Waals surface area (Å²) >= 11 is 0. The second-order valence-electron chi connectivity index (χ2n) is 3.62. The van der Waals surface area contributed by atoms with Crippen LogP contribution in [-0.4, -0.2) is 19.0 Å². The summed E-state index contributed by atoms with van der Waals surface area (Å²) in [7, 11) is 0. The topological polar surface area (TPSA) is 41.1 Å². The third kappa shape index (κ3) is 4.28. The molecule has 0 spiro atoms. The van der Waals surface area contributed by atoms with Crippen molar-refractivity contribution in [3.05, 3.63) is 48.6 Å². The molecule has 86 valence electrons. The van der Waals surface area contributed by atoms with Gasteiger partial charge in [-0.25, -0.2) is 0 Å². The van der Waals surface area contributed by atoms with E-state index in [0.29, 0.717) is 13.1 Å². The van der Waals surface area contributed by atoms with Crippen LogP contribution in [0.1, 0.15) is 18.5 Å². The predicted molar refractivity (Wildman–Crippen MR) is 66.1 cm³/mol. The van der Waals surface area contributed by atoms with Crippen molar-refractivity contribution in [1.82, 2.24) is 10.6 Å². The van der Waals surface area contributed by atoms with Crippen molar-refractivity contribution >= 4 is 5.91 Å². The van der Waals surface area contributed by atoms with Crippen molar-refractivity contribution in [2.75, 3.05) is 13.1 Å². The van der Waals surface area contributed by atoms with E-state index in [1.54, 1.807) is 6.08 Å². The molecule has 0 aliphatic carbocycles. The number of nitrogens with one attached hydrogen (secondary N) is 2. The van der Waals surface area contributed by atoms with E-state index in [4.69, 9.17) is 0 Å². The van der Waals surface area contributed by atoms with Crippen molar-refractivity contribution in [2.24, 2.45) is 0 Å². The van der Waals surface area contributed by atoms with Crippen molar-refractivity contribution in [2.45, 2.75) is 13.0 Å². The zero-order chi connectivity index (χ0) is 11.8. The first kappa shape index (κ1) is 12.5. The summed E-state index contributed by atoms with van der Waals surface area (Å²) in [6.07, 6.45) is 1.73. The Morgan fingerprint density at radius 3 is 2.75 bits per heavy atom. The highest BCUT2D eigenvalue weighted by atomic mass is 16.1. The molecule has 1 rings (SSSR count). The molecule has 0 saturated heterocycles. The van der Waals surface area contributed by atoms with E-state index in [1.807, 2.05) is 37.3 Å². The largest absolute Gasteiger partial charge is 0.348 e. The highest BCUT2D eigenvalue weighted by Gasteiger charge is 2.07. The molecule has 0 aromatic heterocycles. The number of rotatable bonds is 6. The van der Waals surface area contributed by atoms with Crippen LogP contribution in [0, 0.1) is 0 Å². The monoisotopic (exact) mass is 218 g/mol. The molecule has 0 heterocycles. The fraction of sp³-hybridized carbons (Fsp3) is 0.308. The van der Waals surface area contributed by atoms with Crippen molar-refractivity contribution < 1.29 is 4.79 Å². The average molecular weight is 218 g/mol. The molecule has 0 fully saturated rings. The van der Waals surface area contributed by atoms with Gasteiger partial charge in [0.15, 0.2) is 0 Å². The number of carbonyl (C=O) groups is 1. The Balaban J connectivity index is 2.36. The van der Waals surface area contributed by atoms with E-state index < -0.39 is 0 Å². The minimum Gasteiger partial charge on any atom is -0.348 e. The molecule has 0 radical (unpaired) electrons. The van der Waals surface area contributed by atoms with E-state index in [1.165, 1.54) is 0 Å². The Morgan fingerprint density at radius 2 is 2.12 bits per heavy atom. The van der Waals surface area contributed by atoms with Gasteiger partial charge in [-0.2, -0.15) is 0 Å². The lowest BCUT2D eigenvalue weighted by atomic mass is 10.1. The normalized spacial score (nSPS) is 11.8. The van der Waals surface area contributed by atoms with E-state index in [0.717, 1.165) is 5.56 Å². The molecule has 1 atom stereocenters. The lowest BCUT2D eigenvalue weighted by molar-refractivity contribution is -0.120. The van der Waals surface area contributed by atoms with Gasteiger partial charge in [-0.05, 0) is 12.5 Å². The van der Waals surface area contributed by atoms with Gasteiger partial charge in [0.1, 0.15) is 0 Å². The van der Waals surface area contributed by atoms with Gasteiger partial charge in [0, 0.05) is 6.54 Å². The van der Waals surface area contributed by atoms with Crippen LogP contribution in [0.2, 0.25) is 0 Å². The molecule has 0 bridgehead atoms. The van der Waals surface area contributed by atoms with Gasteiger partial charge in [0.25, 0.3) is 0 Å². The molecule has 3 nitrogen and oxygen atoms in total. The SMILES string of the molecule is C=CCNCC(=O)N[C@H](C)c1ccccc1. The third-order valence-electron chi connectivity index (χ3n) is 2.25. The number of hydrogen-bond acceptors (Lipinski definition) is 2. The average Bonchev–Trinajstić information content (AvgIpc) is 2.30. The van der Waals surface area contributed by atoms with Gasteiger partial charge < -0.3 is 10.6 Å². The quantitative estimate of drug-likeness (QED) is 0.563. The van der Waals surface area contributed by atoms with Crippen LogP contribution >= 0.6 is 0 Å². The van der Waals surface area contributed by atoms with Gasteiger partial charge in [0.05, 0.1) is 12.6 Å². The minimum atomic E-state index is -0.00166. The van der Waals surface area contributed by atoms with Crippen LogP contribution in [0.15, 0.2) is 43.0 Å². The number of amides is 1. The first-order valence-corrected chi connectivity index (χ1v) is 5.40. The van der Waals surface area contributed by atoms with Crippen LogP contribution in [0.25, 0.3) is 0 Å². The predicted octanol–water partition coefficient (Wildman–Crippen LogP) is 1.64. The third-order valence-corrected chi connectivity index (χ3v) is 2.25. The summed E-state index contributed by atoms with van der Waals surface area (Å²) < 4.78 is 0. The summed E-state index contributed by atoms with van der Waals surface area (Å²) in [6.45, 7) is 6.51. The zero-order valence-electron chi connectivity index (χ0n) is 9.57. The Labute approximate surface area is 96.6 Å². The highest BCUT2D eigenvalue weighted by molar-refractivity contribution is 5.78. The van der Waals surface area contributed by atoms with Gasteiger partial charge in [0.2, 0.25) is 5.91 Å². The fourth-order valence-electron chi connectivity index (χ4n) is 1.41. The Bertz CT molecular complexity index is 335. The number of carbonyl (C=O) groups excluding carboxylic acids is 1. The standard InChI is InChI=1S/C13H18N2O/c1-3-9-14-10-13(16)15-11(2)12-7-5-4-6-8-12/h3-8,11,14H,1,9-10H2,2H3,(H,15,16)/t11-/m1/s1. The molecule has 1 amide bonds. The second-order valence-corrected chi connectivity index (χ2v) is 3.62. The van der Waals surface area contributed by atoms with Crippen LogP contribution in [0.3, 0.4) is 0 Å². The zero-order valence-corrected chi connectivity index (χ0v) is 9.57. The van der Waals surface area contributed by atoms with E-state index in [-0.39, 0.29) is 11.9 Å². The maximum absolute atomic E-state index is 11.5. The molecule has 16 heavy (non-hydrogen) atoms. The summed E-state index contributed by atoms with van der Waals surface area (Å²) in [5, 5.41) is 5.88. The molecule has 1 aromatic carbocycles. The van der Waals surface area contributed by atoms with Crippen molar-refractivity contribution in [3.8, 4) is 0 Å². The lowest BCUT2D eigenvalue weighted by Crippen LogP contribution is -2.35. The van der Waals surface area contributed by atoms with Crippen LogP contribution in [0.4, 0.5) is 0 Å². The summed E-state index contributed by atoms with van der Waals surface area (Å²) in [6, 6.07) is 9.94. The van der Waals surface area contributed by atoms with Crippen LogP contribution in [0.5, 0.6) is 0 Å². The van der Waals surface area contributed by atoms with Gasteiger partial charge in [-0.3, -0.25) is 4.79 Å². The first-order valence-electron chi connectivity index (χ1n) is 5.40. The fourth-order valence-corrected chi connectivity index (χ4v) is 1.41. The molecule has 1 aromatic rings. The molecular weight excluding hydrogens is 200 g/mol. The second kappa shape index (κ2) is 6.80. The Hall–Kier alpha value is -1.61. The minimum absolute atomic E-state index is 0.00166. The van der Waals surface area contributed by atoms with Crippen molar-refractivity contribution in [1.29, 1.82) is 0 Å². The van der Waals surface area contributed by atoms with Gasteiger partial charge >= 0.3 is 0 Å². The number of benzene rings is 1. The molecular formula is C13H18N2O. The smallest absolute Gasteiger partial charge is 0.234 e. The highest BCUT2D eigenvalue weighted by Crippen LogP contribution is 2.10. The van der Waals surface area contributed by atoms with E-state index in [9.17, 15) is 4.79 Å². The summed E-state index contributed by atoms with van der Waals surface area (Å²) in [5.41, 5.74) is 1.11. The molecule has 3 heteroatoms. The molecule has 0 aliphatic rings. The molecule has 0 unspecified atom stereocenters. The lowest BCUT2D eigenvalue weighted by Gasteiger charge is -2.14. The molecule has 0 saturated carbocycles. The Morgan fingerprint density at radius 1 is 1.44 bits per heavy atom. The first-order chi connectivity index (χ1) is 7.74. The number of hydrogen-bond donors (Lipinski definition) is 2. The maximum atomic E-state index is 11.5. The van der Waals surface area contributed by atoms with Crippen LogP contribution < -0.4 is 10.6 Å². The summed E-state index contributed by atoms with van der Waals surface area (Å²) in [4.78, 5) is 11.5.